The molecule has 28 heavy (non-hydrogen) atoms. The fourth-order valence-corrected chi connectivity index (χ4v) is 3.87. The maximum atomic E-state index is 14.3. The fraction of sp³-hybridized carbons (Fsp3) is 0.263. The van der Waals surface area contributed by atoms with Crippen LogP contribution in [-0.2, 0) is 6.42 Å². The zero-order valence-corrected chi connectivity index (χ0v) is 16.2. The topological polar surface area (TPSA) is 83.6 Å². The van der Waals surface area contributed by atoms with E-state index >= 15 is 0 Å². The molecule has 0 aliphatic carbocycles. The van der Waals surface area contributed by atoms with Gasteiger partial charge in [0.1, 0.15) is 16.5 Å². The lowest BCUT2D eigenvalue weighted by atomic mass is 9.98. The summed E-state index contributed by atoms with van der Waals surface area (Å²) < 4.78 is 15.8. The largest absolute Gasteiger partial charge is 0.338 e. The maximum Gasteiger partial charge on any atom is 0.272 e. The van der Waals surface area contributed by atoms with Gasteiger partial charge in [-0.25, -0.2) is 4.39 Å². The van der Waals surface area contributed by atoms with Crippen LogP contribution in [0.1, 0.15) is 21.6 Å². The van der Waals surface area contributed by atoms with Gasteiger partial charge in [-0.2, -0.15) is 0 Å². The summed E-state index contributed by atoms with van der Waals surface area (Å²) >= 11 is 12.3. The van der Waals surface area contributed by atoms with Gasteiger partial charge in [-0.15, -0.1) is 0 Å². The van der Waals surface area contributed by atoms with Crippen LogP contribution in [0, 0.1) is 11.7 Å². The Morgan fingerprint density at radius 1 is 1.29 bits per heavy atom. The molecule has 0 bridgehead atoms. The first-order valence-electron chi connectivity index (χ1n) is 8.73. The van der Waals surface area contributed by atoms with Crippen LogP contribution in [0.3, 0.4) is 0 Å². The van der Waals surface area contributed by atoms with E-state index in [0.717, 1.165) is 0 Å². The first-order valence-corrected chi connectivity index (χ1v) is 9.49. The van der Waals surface area contributed by atoms with Crippen LogP contribution in [0.4, 0.5) is 4.39 Å². The summed E-state index contributed by atoms with van der Waals surface area (Å²) in [5.74, 6) is -0.651. The van der Waals surface area contributed by atoms with Crippen LogP contribution in [0.2, 0.25) is 10.2 Å². The van der Waals surface area contributed by atoms with Crippen molar-refractivity contribution in [3.8, 4) is 0 Å². The van der Waals surface area contributed by atoms with Crippen LogP contribution >= 0.6 is 23.2 Å². The zero-order valence-electron chi connectivity index (χ0n) is 14.7. The molecule has 1 aliphatic rings. The first-order chi connectivity index (χ1) is 13.4. The molecular weight excluding hydrogens is 406 g/mol. The quantitative estimate of drug-likeness (QED) is 0.677. The fourth-order valence-electron chi connectivity index (χ4n) is 3.43. The number of benzene rings is 1. The van der Waals surface area contributed by atoms with E-state index in [1.165, 1.54) is 24.4 Å². The molecule has 146 valence electrons. The van der Waals surface area contributed by atoms with E-state index in [0.29, 0.717) is 42.8 Å². The Hall–Kier alpha value is -2.35. The molecule has 0 unspecified atom stereocenters. The average Bonchev–Trinajstić information content (AvgIpc) is 2.94. The van der Waals surface area contributed by atoms with Gasteiger partial charge in [0, 0.05) is 37.3 Å². The van der Waals surface area contributed by atoms with Crippen molar-refractivity contribution in [1.82, 2.24) is 14.3 Å². The van der Waals surface area contributed by atoms with E-state index in [-0.39, 0.29) is 33.1 Å². The van der Waals surface area contributed by atoms with Crippen LogP contribution in [0.5, 0.6) is 0 Å². The highest BCUT2D eigenvalue weighted by Gasteiger charge is 2.31. The number of aromatic amines is 1. The van der Waals surface area contributed by atoms with Crippen LogP contribution in [0.15, 0.2) is 35.3 Å². The van der Waals surface area contributed by atoms with Crippen LogP contribution in [-0.4, -0.2) is 39.8 Å². The van der Waals surface area contributed by atoms with Gasteiger partial charge in [0.15, 0.2) is 0 Å². The molecule has 4 rings (SSSR count). The van der Waals surface area contributed by atoms with Gasteiger partial charge in [-0.3, -0.25) is 14.0 Å². The molecule has 0 radical (unpaired) electrons. The zero-order chi connectivity index (χ0) is 20.0. The smallest absolute Gasteiger partial charge is 0.272 e. The van der Waals surface area contributed by atoms with Gasteiger partial charge in [0.05, 0.1) is 10.6 Å². The maximum absolute atomic E-state index is 14.3. The van der Waals surface area contributed by atoms with Gasteiger partial charge >= 0.3 is 0 Å². The molecule has 3 heterocycles. The second-order valence-electron chi connectivity index (χ2n) is 6.92. The Morgan fingerprint density at radius 3 is 2.75 bits per heavy atom. The third-order valence-electron chi connectivity index (χ3n) is 5.01. The van der Waals surface area contributed by atoms with Gasteiger partial charge in [0.25, 0.3) is 11.5 Å². The van der Waals surface area contributed by atoms with Crippen molar-refractivity contribution in [1.29, 1.82) is 0 Å². The number of likely N-dealkylation sites (tertiary alicyclic amines) is 1. The summed E-state index contributed by atoms with van der Waals surface area (Å²) in [5, 5.41) is 0.492. The number of H-pyrrole nitrogens is 1. The van der Waals surface area contributed by atoms with E-state index in [1.807, 2.05) is 0 Å². The molecule has 1 aromatic carbocycles. The minimum Gasteiger partial charge on any atom is -0.338 e. The summed E-state index contributed by atoms with van der Waals surface area (Å²) in [6.07, 6.45) is 1.85. The molecule has 6 nitrogen and oxygen atoms in total. The number of nitrogens with zero attached hydrogens (tertiary/aromatic N) is 2. The summed E-state index contributed by atoms with van der Waals surface area (Å²) in [5.41, 5.74) is 6.96. The summed E-state index contributed by atoms with van der Waals surface area (Å²) in [6.45, 7) is 1.59. The number of fused-ring (bicyclic) bond motifs is 1. The number of carbonyl (C=O) groups excluding carboxylic acids is 1. The summed E-state index contributed by atoms with van der Waals surface area (Å²) in [7, 11) is 0. The molecule has 1 fully saturated rings. The lowest BCUT2D eigenvalue weighted by Crippen LogP contribution is -2.52. The molecule has 0 spiro atoms. The van der Waals surface area contributed by atoms with Gasteiger partial charge in [0.2, 0.25) is 0 Å². The summed E-state index contributed by atoms with van der Waals surface area (Å²) in [4.78, 5) is 28.8. The highest BCUT2D eigenvalue weighted by atomic mass is 35.5. The third kappa shape index (κ3) is 3.19. The predicted molar refractivity (Wildman–Crippen MR) is 106 cm³/mol. The highest BCUT2D eigenvalue weighted by molar-refractivity contribution is 6.42. The van der Waals surface area contributed by atoms with Gasteiger partial charge in [-0.05, 0) is 30.3 Å². The Labute approximate surface area is 169 Å². The normalized spacial score (nSPS) is 14.5. The number of rotatable bonds is 4. The molecule has 3 N–H and O–H groups in total. The predicted octanol–water partition coefficient (Wildman–Crippen LogP) is 2.70. The van der Waals surface area contributed by atoms with Crippen molar-refractivity contribution >= 4 is 34.6 Å². The molecule has 3 aromatic rings. The molecular formula is C19H17Cl2FN4O2. The van der Waals surface area contributed by atoms with Crippen molar-refractivity contribution in [2.24, 2.45) is 11.7 Å². The minimum atomic E-state index is -0.571. The molecule has 9 heteroatoms. The average molecular weight is 423 g/mol. The number of nitrogens with two attached hydrogens (primary N) is 1. The first kappa shape index (κ1) is 19.0. The number of aromatic nitrogens is 2. The van der Waals surface area contributed by atoms with Crippen molar-refractivity contribution in [3.05, 3.63) is 73.6 Å². The number of hydrogen-bond donors (Lipinski definition) is 2. The Kier molecular flexibility index (Phi) is 4.91. The second-order valence-corrected chi connectivity index (χ2v) is 7.68. The van der Waals surface area contributed by atoms with Gasteiger partial charge in [-0.1, -0.05) is 29.3 Å². The summed E-state index contributed by atoms with van der Waals surface area (Å²) in [6, 6.07) is 5.89. The lowest BCUT2D eigenvalue weighted by Gasteiger charge is -2.38. The SMILES string of the molecule is NCC1CN(C(=O)c2cc(Cc3c[nH]c(=O)c4cc(Cl)c(Cl)n34)ccc2F)C1. The Balaban J connectivity index is 1.67. The van der Waals surface area contributed by atoms with E-state index < -0.39 is 5.82 Å². The molecule has 1 aliphatic heterocycles. The number of amides is 1. The molecule has 2 aromatic heterocycles. The molecule has 0 atom stereocenters. The minimum absolute atomic E-state index is 0.0188. The number of nitrogens with one attached hydrogen (secondary N) is 1. The Bertz CT molecular complexity index is 1130. The van der Waals surface area contributed by atoms with Crippen LogP contribution in [0.25, 0.3) is 5.52 Å². The standard InChI is InChI=1S/C19H17Cl2FN4O2/c20-14-5-16-18(27)24-7-12(26(16)17(14)21)3-10-1-2-15(22)13(4-10)19(28)25-8-11(6-23)9-25/h1-2,4-5,7,11H,3,6,8-9,23H2,(H,24,27). The Morgan fingerprint density at radius 2 is 2.04 bits per heavy atom. The van der Waals surface area contributed by atoms with E-state index in [1.54, 1.807) is 15.4 Å². The third-order valence-corrected chi connectivity index (χ3v) is 5.77. The number of carbonyl (C=O) groups is 1. The van der Waals surface area contributed by atoms with Crippen molar-refractivity contribution < 1.29 is 9.18 Å². The lowest BCUT2D eigenvalue weighted by molar-refractivity contribution is 0.0510. The van der Waals surface area contributed by atoms with E-state index in [4.69, 9.17) is 28.9 Å². The highest BCUT2D eigenvalue weighted by Crippen LogP contribution is 2.27. The van der Waals surface area contributed by atoms with Crippen molar-refractivity contribution in [3.63, 3.8) is 0 Å². The van der Waals surface area contributed by atoms with E-state index in [9.17, 15) is 14.0 Å². The van der Waals surface area contributed by atoms with Gasteiger partial charge < -0.3 is 15.6 Å². The second kappa shape index (κ2) is 7.24. The monoisotopic (exact) mass is 422 g/mol. The molecule has 1 saturated heterocycles. The molecule has 1 amide bonds. The number of hydrogen-bond acceptors (Lipinski definition) is 3. The molecule has 0 saturated carbocycles. The van der Waals surface area contributed by atoms with Crippen LogP contribution < -0.4 is 11.3 Å². The number of halogens is 3. The van der Waals surface area contributed by atoms with Crippen molar-refractivity contribution in [2.45, 2.75) is 6.42 Å². The van der Waals surface area contributed by atoms with Crippen molar-refractivity contribution in [2.75, 3.05) is 19.6 Å². The van der Waals surface area contributed by atoms with E-state index in [2.05, 4.69) is 4.98 Å².